The quantitative estimate of drug-likeness (QED) is 0.359. The number of ether oxygens (including phenoxy) is 1. The fourth-order valence-corrected chi connectivity index (χ4v) is 4.04. The SMILES string of the molecule is COc1cccc(-c2nnc(SCC(=O)Nc3ccccc3C)n2-c2ccc(Cl)cc2)c1. The van der Waals surface area contributed by atoms with Gasteiger partial charge in [-0.25, -0.2) is 0 Å². The van der Waals surface area contributed by atoms with Gasteiger partial charge in [-0.3, -0.25) is 9.36 Å². The van der Waals surface area contributed by atoms with Crippen LogP contribution < -0.4 is 10.1 Å². The number of hydrogen-bond acceptors (Lipinski definition) is 5. The summed E-state index contributed by atoms with van der Waals surface area (Å²) in [7, 11) is 1.62. The lowest BCUT2D eigenvalue weighted by atomic mass is 10.2. The number of para-hydroxylation sites is 1. The van der Waals surface area contributed by atoms with E-state index in [4.69, 9.17) is 16.3 Å². The number of aromatic nitrogens is 3. The fraction of sp³-hybridized carbons (Fsp3) is 0.125. The molecule has 0 aliphatic heterocycles. The lowest BCUT2D eigenvalue weighted by Crippen LogP contribution is -2.15. The van der Waals surface area contributed by atoms with Gasteiger partial charge in [-0.05, 0) is 55.0 Å². The van der Waals surface area contributed by atoms with Gasteiger partial charge in [-0.2, -0.15) is 0 Å². The van der Waals surface area contributed by atoms with E-state index in [2.05, 4.69) is 15.5 Å². The zero-order valence-electron chi connectivity index (χ0n) is 17.6. The van der Waals surface area contributed by atoms with Crippen molar-refractivity contribution in [3.63, 3.8) is 0 Å². The van der Waals surface area contributed by atoms with Crippen molar-refractivity contribution in [1.82, 2.24) is 14.8 Å². The molecule has 1 amide bonds. The number of carbonyl (C=O) groups is 1. The molecule has 32 heavy (non-hydrogen) atoms. The predicted molar refractivity (Wildman–Crippen MR) is 129 cm³/mol. The van der Waals surface area contributed by atoms with Gasteiger partial charge >= 0.3 is 0 Å². The maximum atomic E-state index is 12.6. The average molecular weight is 465 g/mol. The van der Waals surface area contributed by atoms with Crippen molar-refractivity contribution in [1.29, 1.82) is 0 Å². The molecule has 4 aromatic rings. The number of benzene rings is 3. The fourth-order valence-electron chi connectivity index (χ4n) is 3.17. The Bertz CT molecular complexity index is 1240. The molecule has 1 heterocycles. The standard InChI is InChI=1S/C24H21ClN4O2S/c1-16-6-3-4-9-21(16)26-22(30)15-32-24-28-27-23(17-7-5-8-20(14-17)31-2)29(24)19-12-10-18(25)11-13-19/h3-14H,15H2,1-2H3,(H,26,30). The predicted octanol–water partition coefficient (Wildman–Crippen LogP) is 5.64. The van der Waals surface area contributed by atoms with E-state index < -0.39 is 0 Å². The Labute approximate surface area is 195 Å². The molecule has 0 saturated heterocycles. The monoisotopic (exact) mass is 464 g/mol. The zero-order valence-corrected chi connectivity index (χ0v) is 19.2. The number of hydrogen-bond donors (Lipinski definition) is 1. The Morgan fingerprint density at radius 1 is 1.06 bits per heavy atom. The van der Waals surface area contributed by atoms with E-state index in [1.165, 1.54) is 11.8 Å². The van der Waals surface area contributed by atoms with Crippen molar-refractivity contribution >= 4 is 35.0 Å². The molecular formula is C24H21ClN4O2S. The number of carbonyl (C=O) groups excluding carboxylic acids is 1. The van der Waals surface area contributed by atoms with E-state index in [9.17, 15) is 4.79 Å². The van der Waals surface area contributed by atoms with Crippen LogP contribution in [0.3, 0.4) is 0 Å². The van der Waals surface area contributed by atoms with Crippen LogP contribution in [-0.2, 0) is 4.79 Å². The number of thioether (sulfide) groups is 1. The van der Waals surface area contributed by atoms with Crippen molar-refractivity contribution in [3.8, 4) is 22.8 Å². The first-order valence-electron chi connectivity index (χ1n) is 9.89. The summed E-state index contributed by atoms with van der Waals surface area (Å²) in [5.74, 6) is 1.45. The van der Waals surface area contributed by atoms with Gasteiger partial charge in [0.05, 0.1) is 12.9 Å². The third kappa shape index (κ3) is 4.95. The van der Waals surface area contributed by atoms with Crippen molar-refractivity contribution in [2.45, 2.75) is 12.1 Å². The van der Waals surface area contributed by atoms with Gasteiger partial charge in [0.25, 0.3) is 0 Å². The molecule has 0 aliphatic rings. The van der Waals surface area contributed by atoms with Crippen LogP contribution in [0.25, 0.3) is 17.1 Å². The molecule has 0 unspecified atom stereocenters. The average Bonchev–Trinajstić information content (AvgIpc) is 3.24. The molecule has 0 spiro atoms. The normalized spacial score (nSPS) is 10.7. The third-order valence-corrected chi connectivity index (χ3v) is 5.98. The molecule has 0 aliphatic carbocycles. The number of methoxy groups -OCH3 is 1. The van der Waals surface area contributed by atoms with E-state index >= 15 is 0 Å². The molecule has 0 bridgehead atoms. The van der Waals surface area contributed by atoms with E-state index in [0.29, 0.717) is 16.0 Å². The first kappa shape index (κ1) is 21.9. The number of amides is 1. The van der Waals surface area contributed by atoms with Gasteiger partial charge in [0.1, 0.15) is 5.75 Å². The highest BCUT2D eigenvalue weighted by molar-refractivity contribution is 7.99. The van der Waals surface area contributed by atoms with Gasteiger partial charge in [0.2, 0.25) is 5.91 Å². The van der Waals surface area contributed by atoms with Gasteiger partial charge < -0.3 is 10.1 Å². The second-order valence-electron chi connectivity index (χ2n) is 7.00. The minimum Gasteiger partial charge on any atom is -0.497 e. The molecule has 4 rings (SSSR count). The maximum absolute atomic E-state index is 12.6. The summed E-state index contributed by atoms with van der Waals surface area (Å²) in [6.45, 7) is 1.96. The second-order valence-corrected chi connectivity index (χ2v) is 8.38. The Hall–Kier alpha value is -3.29. The summed E-state index contributed by atoms with van der Waals surface area (Å²) >= 11 is 7.40. The molecular weight excluding hydrogens is 444 g/mol. The number of halogens is 1. The molecule has 0 radical (unpaired) electrons. The van der Waals surface area contributed by atoms with Gasteiger partial charge in [-0.1, -0.05) is 53.7 Å². The van der Waals surface area contributed by atoms with Crippen LogP contribution in [-0.4, -0.2) is 33.5 Å². The molecule has 1 N–H and O–H groups in total. The van der Waals surface area contributed by atoms with Crippen molar-refractivity contribution in [2.75, 3.05) is 18.2 Å². The highest BCUT2D eigenvalue weighted by atomic mass is 35.5. The number of aryl methyl sites for hydroxylation is 1. The van der Waals surface area contributed by atoms with Crippen LogP contribution in [0.2, 0.25) is 5.02 Å². The van der Waals surface area contributed by atoms with Crippen LogP contribution >= 0.6 is 23.4 Å². The zero-order chi connectivity index (χ0) is 22.5. The van der Waals surface area contributed by atoms with Crippen molar-refractivity contribution in [3.05, 3.63) is 83.4 Å². The van der Waals surface area contributed by atoms with Gasteiger partial charge in [0.15, 0.2) is 11.0 Å². The van der Waals surface area contributed by atoms with Crippen LogP contribution in [0.1, 0.15) is 5.56 Å². The number of nitrogens with zero attached hydrogens (tertiary/aromatic N) is 3. The van der Waals surface area contributed by atoms with Crippen molar-refractivity contribution < 1.29 is 9.53 Å². The van der Waals surface area contributed by atoms with E-state index in [0.717, 1.165) is 28.3 Å². The Morgan fingerprint density at radius 2 is 1.84 bits per heavy atom. The summed E-state index contributed by atoms with van der Waals surface area (Å²) in [4.78, 5) is 12.6. The molecule has 0 saturated carbocycles. The van der Waals surface area contributed by atoms with Crippen molar-refractivity contribution in [2.24, 2.45) is 0 Å². The first-order valence-corrected chi connectivity index (χ1v) is 11.3. The molecule has 0 fully saturated rings. The molecule has 1 aromatic heterocycles. The van der Waals surface area contributed by atoms with Crippen LogP contribution in [0.5, 0.6) is 5.75 Å². The third-order valence-electron chi connectivity index (χ3n) is 4.80. The molecule has 6 nitrogen and oxygen atoms in total. The molecule has 162 valence electrons. The Balaban J connectivity index is 1.63. The molecule has 3 aromatic carbocycles. The summed E-state index contributed by atoms with van der Waals surface area (Å²) in [5, 5.41) is 13.0. The van der Waals surface area contributed by atoms with Crippen LogP contribution in [0, 0.1) is 6.92 Å². The molecule has 0 atom stereocenters. The van der Waals surface area contributed by atoms with Gasteiger partial charge in [0, 0.05) is 22.0 Å². The summed E-state index contributed by atoms with van der Waals surface area (Å²) < 4.78 is 7.27. The second kappa shape index (κ2) is 9.89. The topological polar surface area (TPSA) is 69.0 Å². The number of anilines is 1. The summed E-state index contributed by atoms with van der Waals surface area (Å²) in [6, 6.07) is 22.7. The van der Waals surface area contributed by atoms with Crippen LogP contribution in [0.15, 0.2) is 78.0 Å². The largest absolute Gasteiger partial charge is 0.497 e. The summed E-state index contributed by atoms with van der Waals surface area (Å²) in [5.41, 5.74) is 3.51. The number of nitrogens with one attached hydrogen (secondary N) is 1. The smallest absolute Gasteiger partial charge is 0.234 e. The van der Waals surface area contributed by atoms with E-state index in [-0.39, 0.29) is 11.7 Å². The Morgan fingerprint density at radius 3 is 2.59 bits per heavy atom. The lowest BCUT2D eigenvalue weighted by molar-refractivity contribution is -0.113. The minimum absolute atomic E-state index is 0.113. The number of rotatable bonds is 7. The lowest BCUT2D eigenvalue weighted by Gasteiger charge is -2.12. The maximum Gasteiger partial charge on any atom is 0.234 e. The minimum atomic E-state index is -0.113. The van der Waals surface area contributed by atoms with Crippen LogP contribution in [0.4, 0.5) is 5.69 Å². The Kier molecular flexibility index (Phi) is 6.78. The van der Waals surface area contributed by atoms with E-state index in [1.807, 2.05) is 84.3 Å². The molecule has 8 heteroatoms. The highest BCUT2D eigenvalue weighted by Crippen LogP contribution is 2.30. The first-order chi connectivity index (χ1) is 15.5. The summed E-state index contributed by atoms with van der Waals surface area (Å²) in [6.07, 6.45) is 0. The highest BCUT2D eigenvalue weighted by Gasteiger charge is 2.18. The van der Waals surface area contributed by atoms with E-state index in [1.54, 1.807) is 7.11 Å². The van der Waals surface area contributed by atoms with Gasteiger partial charge in [-0.15, -0.1) is 10.2 Å².